The number of hydrogen-bond acceptors (Lipinski definition) is 3. The van der Waals surface area contributed by atoms with Crippen LogP contribution in [0, 0.1) is 5.41 Å². The molecule has 0 saturated heterocycles. The molecule has 16 heavy (non-hydrogen) atoms. The van der Waals surface area contributed by atoms with E-state index in [4.69, 9.17) is 4.74 Å². The molecule has 1 rings (SSSR count). The summed E-state index contributed by atoms with van der Waals surface area (Å²) < 4.78 is 5.18. The summed E-state index contributed by atoms with van der Waals surface area (Å²) in [7, 11) is 0. The van der Waals surface area contributed by atoms with Gasteiger partial charge in [-0.3, -0.25) is 4.79 Å². The lowest BCUT2D eigenvalue weighted by molar-refractivity contribution is -0.153. The molecule has 3 nitrogen and oxygen atoms in total. The van der Waals surface area contributed by atoms with Crippen LogP contribution in [0.1, 0.15) is 46.0 Å². The van der Waals surface area contributed by atoms with Crippen LogP contribution in [0.25, 0.3) is 0 Å². The summed E-state index contributed by atoms with van der Waals surface area (Å²) in [4.78, 5) is 11.8. The lowest BCUT2D eigenvalue weighted by atomic mass is 9.99. The average molecular weight is 226 g/mol. The highest BCUT2D eigenvalue weighted by atomic mass is 16.5. The van der Waals surface area contributed by atoms with E-state index >= 15 is 0 Å². The molecule has 3 heteroatoms. The first kappa shape index (κ1) is 13.2. The maximum Gasteiger partial charge on any atom is 0.315 e. The maximum atomic E-state index is 11.8. The molecule has 1 unspecified atom stereocenters. The Hall–Kier alpha value is -0.830. The number of rotatable bonds is 7. The van der Waals surface area contributed by atoms with Gasteiger partial charge in [-0.15, -0.1) is 0 Å². The summed E-state index contributed by atoms with van der Waals surface area (Å²) in [6.45, 7) is 4.53. The molecule has 0 radical (unpaired) electrons. The van der Waals surface area contributed by atoms with Gasteiger partial charge in [-0.25, -0.2) is 0 Å². The van der Waals surface area contributed by atoms with Crippen molar-refractivity contribution in [3.63, 3.8) is 0 Å². The van der Waals surface area contributed by atoms with Crippen molar-refractivity contribution < 1.29 is 14.6 Å². The predicted molar refractivity (Wildman–Crippen MR) is 63.0 cm³/mol. The second kappa shape index (κ2) is 6.04. The Bertz CT molecular complexity index is 254. The second-order valence-electron chi connectivity index (χ2n) is 4.43. The van der Waals surface area contributed by atoms with Gasteiger partial charge < -0.3 is 9.84 Å². The lowest BCUT2D eigenvalue weighted by Gasteiger charge is -2.17. The highest BCUT2D eigenvalue weighted by Gasteiger charge is 2.56. The number of hydrogen-bond donors (Lipinski definition) is 1. The van der Waals surface area contributed by atoms with Gasteiger partial charge in [0.1, 0.15) is 0 Å². The molecule has 0 spiro atoms. The number of unbranched alkanes of at least 4 members (excludes halogenated alkanes) is 1. The maximum absolute atomic E-state index is 11.8. The van der Waals surface area contributed by atoms with E-state index in [0.717, 1.165) is 32.1 Å². The fraction of sp³-hybridized carbons (Fsp3) is 0.769. The first-order chi connectivity index (χ1) is 7.67. The fourth-order valence-corrected chi connectivity index (χ4v) is 1.66. The molecule has 1 atom stereocenters. The van der Waals surface area contributed by atoms with Crippen LogP contribution in [-0.4, -0.2) is 23.8 Å². The molecule has 0 heterocycles. The molecule has 1 fully saturated rings. The van der Waals surface area contributed by atoms with Crippen molar-refractivity contribution in [2.45, 2.75) is 52.1 Å². The number of carbonyl (C=O) groups is 1. The molecule has 1 aliphatic rings. The van der Waals surface area contributed by atoms with Crippen molar-refractivity contribution >= 4 is 5.97 Å². The minimum Gasteiger partial charge on any atom is -0.465 e. The van der Waals surface area contributed by atoms with Gasteiger partial charge in [0.2, 0.25) is 0 Å². The van der Waals surface area contributed by atoms with Crippen molar-refractivity contribution in [3.8, 4) is 0 Å². The molecule has 0 aliphatic heterocycles. The van der Waals surface area contributed by atoms with Crippen LogP contribution in [0.3, 0.4) is 0 Å². The van der Waals surface area contributed by atoms with E-state index in [0.29, 0.717) is 6.61 Å². The van der Waals surface area contributed by atoms with Crippen LogP contribution in [0.5, 0.6) is 0 Å². The third kappa shape index (κ3) is 3.08. The van der Waals surface area contributed by atoms with Crippen molar-refractivity contribution in [1.29, 1.82) is 0 Å². The third-order valence-electron chi connectivity index (χ3n) is 3.05. The van der Waals surface area contributed by atoms with Gasteiger partial charge >= 0.3 is 5.97 Å². The molecular weight excluding hydrogens is 204 g/mol. The van der Waals surface area contributed by atoms with Gasteiger partial charge in [0, 0.05) is 0 Å². The summed E-state index contributed by atoms with van der Waals surface area (Å²) in [5.41, 5.74) is -0.626. The van der Waals surface area contributed by atoms with Crippen LogP contribution in [0.15, 0.2) is 12.2 Å². The summed E-state index contributed by atoms with van der Waals surface area (Å²) in [6.07, 6.45) is 7.19. The van der Waals surface area contributed by atoms with E-state index in [1.807, 2.05) is 13.0 Å². The van der Waals surface area contributed by atoms with Gasteiger partial charge in [0.15, 0.2) is 0 Å². The van der Waals surface area contributed by atoms with Gasteiger partial charge in [-0.05, 0) is 25.7 Å². The Balaban J connectivity index is 2.44. The number of carbonyl (C=O) groups excluding carboxylic acids is 1. The van der Waals surface area contributed by atoms with Crippen molar-refractivity contribution in [3.05, 3.63) is 12.2 Å². The molecule has 0 amide bonds. The van der Waals surface area contributed by atoms with Crippen LogP contribution in [0.2, 0.25) is 0 Å². The first-order valence-electron chi connectivity index (χ1n) is 6.19. The summed E-state index contributed by atoms with van der Waals surface area (Å²) in [5.74, 6) is -0.228. The van der Waals surface area contributed by atoms with Gasteiger partial charge in [-0.2, -0.15) is 0 Å². The van der Waals surface area contributed by atoms with E-state index in [1.165, 1.54) is 0 Å². The van der Waals surface area contributed by atoms with Crippen LogP contribution >= 0.6 is 0 Å². The van der Waals surface area contributed by atoms with Crippen molar-refractivity contribution in [1.82, 2.24) is 0 Å². The Kier molecular flexibility index (Phi) is 5.00. The zero-order valence-electron chi connectivity index (χ0n) is 10.2. The molecule has 1 aliphatic carbocycles. The molecular formula is C13H22O3. The smallest absolute Gasteiger partial charge is 0.315 e. The minimum atomic E-state index is -0.679. The average Bonchev–Trinajstić information content (AvgIpc) is 3.07. The van der Waals surface area contributed by atoms with Gasteiger partial charge in [-0.1, -0.05) is 32.4 Å². The van der Waals surface area contributed by atoms with Crippen molar-refractivity contribution in [2.75, 3.05) is 6.61 Å². The highest BCUT2D eigenvalue weighted by Crippen LogP contribution is 2.50. The second-order valence-corrected chi connectivity index (χ2v) is 4.43. The van der Waals surface area contributed by atoms with Crippen LogP contribution in [-0.2, 0) is 9.53 Å². The van der Waals surface area contributed by atoms with E-state index in [9.17, 15) is 9.90 Å². The molecule has 1 N–H and O–H groups in total. The van der Waals surface area contributed by atoms with E-state index < -0.39 is 11.5 Å². The molecule has 0 aromatic heterocycles. The molecule has 0 aromatic rings. The molecule has 92 valence electrons. The lowest BCUT2D eigenvalue weighted by Crippen LogP contribution is -2.30. The van der Waals surface area contributed by atoms with Gasteiger partial charge in [0.25, 0.3) is 0 Å². The summed E-state index contributed by atoms with van der Waals surface area (Å²) >= 11 is 0. The number of esters is 1. The molecule has 0 aromatic carbocycles. The number of allylic oxidation sites excluding steroid dienone is 1. The standard InChI is InChI=1S/C13H22O3/c1-3-5-7-11(14)13(8-9-13)12(15)16-10-6-4-2/h5,7,11,14H,3-4,6,8-10H2,1-2H3. The highest BCUT2D eigenvalue weighted by molar-refractivity contribution is 5.81. The number of aliphatic hydroxyl groups is 1. The zero-order chi connectivity index (χ0) is 12.0. The van der Waals surface area contributed by atoms with E-state index in [1.54, 1.807) is 6.08 Å². The van der Waals surface area contributed by atoms with Gasteiger partial charge in [0.05, 0.1) is 18.1 Å². The fourth-order valence-electron chi connectivity index (χ4n) is 1.66. The SMILES string of the molecule is CCC=CC(O)C1(C(=O)OCCCC)CC1. The Morgan fingerprint density at radius 3 is 2.69 bits per heavy atom. The summed E-state index contributed by atoms with van der Waals surface area (Å²) in [5, 5.41) is 9.91. The Morgan fingerprint density at radius 2 is 2.19 bits per heavy atom. The van der Waals surface area contributed by atoms with E-state index in [-0.39, 0.29) is 5.97 Å². The minimum absolute atomic E-state index is 0.228. The first-order valence-corrected chi connectivity index (χ1v) is 6.19. The van der Waals surface area contributed by atoms with Crippen LogP contribution in [0.4, 0.5) is 0 Å². The number of ether oxygens (including phenoxy) is 1. The Morgan fingerprint density at radius 1 is 1.50 bits per heavy atom. The monoisotopic (exact) mass is 226 g/mol. The third-order valence-corrected chi connectivity index (χ3v) is 3.05. The quantitative estimate of drug-likeness (QED) is 0.412. The van der Waals surface area contributed by atoms with Crippen LogP contribution < -0.4 is 0 Å². The Labute approximate surface area is 97.5 Å². The predicted octanol–water partition coefficient (Wildman–Crippen LogP) is 2.44. The van der Waals surface area contributed by atoms with E-state index in [2.05, 4.69) is 6.92 Å². The molecule has 1 saturated carbocycles. The summed E-state index contributed by atoms with van der Waals surface area (Å²) in [6, 6.07) is 0. The molecule has 0 bridgehead atoms. The topological polar surface area (TPSA) is 46.5 Å². The largest absolute Gasteiger partial charge is 0.465 e. The zero-order valence-corrected chi connectivity index (χ0v) is 10.2. The normalized spacial score (nSPS) is 19.7. The number of aliphatic hydroxyl groups excluding tert-OH is 1. The van der Waals surface area contributed by atoms with Crippen molar-refractivity contribution in [2.24, 2.45) is 5.41 Å².